The summed E-state index contributed by atoms with van der Waals surface area (Å²) >= 11 is 1.35. The monoisotopic (exact) mass is 369 g/mol. The fraction of sp³-hybridized carbons (Fsp3) is 0.300. The van der Waals surface area contributed by atoms with E-state index in [0.29, 0.717) is 34.4 Å². The predicted molar refractivity (Wildman–Crippen MR) is 105 cm³/mol. The molecule has 3 rings (SSSR count). The molecule has 3 aromatic rings. The summed E-state index contributed by atoms with van der Waals surface area (Å²) in [4.78, 5) is 20.2. The minimum atomic E-state index is -0.147. The van der Waals surface area contributed by atoms with Gasteiger partial charge in [0.05, 0.1) is 12.0 Å². The van der Waals surface area contributed by atoms with E-state index in [1.54, 1.807) is 18.2 Å². The predicted octanol–water partition coefficient (Wildman–Crippen LogP) is 4.13. The van der Waals surface area contributed by atoms with E-state index >= 15 is 0 Å². The molecule has 136 valence electrons. The Labute approximate surface area is 157 Å². The highest BCUT2D eigenvalue weighted by Gasteiger charge is 2.27. The normalized spacial score (nSPS) is 11.5. The molecule has 2 heterocycles. The van der Waals surface area contributed by atoms with Gasteiger partial charge in [0, 0.05) is 19.2 Å². The number of hydrogen-bond acceptors (Lipinski definition) is 5. The Kier molecular flexibility index (Phi) is 5.25. The van der Waals surface area contributed by atoms with Crippen LogP contribution in [0.3, 0.4) is 0 Å². The van der Waals surface area contributed by atoms with Gasteiger partial charge in [-0.05, 0) is 24.1 Å². The van der Waals surface area contributed by atoms with Crippen LogP contribution in [-0.2, 0) is 0 Å². The molecule has 0 unspecified atom stereocenters. The lowest BCUT2D eigenvalue weighted by atomic mass is 9.93. The van der Waals surface area contributed by atoms with E-state index in [0.717, 1.165) is 5.56 Å². The lowest BCUT2D eigenvalue weighted by molar-refractivity contribution is 0.0746. The molecule has 0 saturated carbocycles. The van der Waals surface area contributed by atoms with Gasteiger partial charge in [-0.25, -0.2) is 4.98 Å². The van der Waals surface area contributed by atoms with Crippen LogP contribution in [0.15, 0.2) is 53.1 Å². The SMILES string of the molecule is CN(CC(C)(C)CN)C(=O)c1sc(-c2ccco2)nc1-c1ccccc1. The Morgan fingerprint density at radius 2 is 1.96 bits per heavy atom. The number of carbonyl (C=O) groups excluding carboxylic acids is 1. The van der Waals surface area contributed by atoms with Gasteiger partial charge in [0.25, 0.3) is 5.91 Å². The van der Waals surface area contributed by atoms with Crippen LogP contribution >= 0.6 is 11.3 Å². The van der Waals surface area contributed by atoms with Crippen LogP contribution in [-0.4, -0.2) is 35.9 Å². The first-order valence-electron chi connectivity index (χ1n) is 8.47. The number of aromatic nitrogens is 1. The molecule has 2 aromatic heterocycles. The molecule has 0 radical (unpaired) electrons. The van der Waals surface area contributed by atoms with Crippen molar-refractivity contribution in [1.82, 2.24) is 9.88 Å². The van der Waals surface area contributed by atoms with E-state index in [1.165, 1.54) is 11.3 Å². The van der Waals surface area contributed by atoms with Crippen LogP contribution in [0.2, 0.25) is 0 Å². The summed E-state index contributed by atoms with van der Waals surface area (Å²) in [6, 6.07) is 13.4. The van der Waals surface area contributed by atoms with Crippen LogP contribution in [0, 0.1) is 5.41 Å². The highest BCUT2D eigenvalue weighted by molar-refractivity contribution is 7.17. The summed E-state index contributed by atoms with van der Waals surface area (Å²) in [6.45, 7) is 5.19. The van der Waals surface area contributed by atoms with Crippen molar-refractivity contribution in [2.45, 2.75) is 13.8 Å². The maximum absolute atomic E-state index is 13.1. The highest BCUT2D eigenvalue weighted by Crippen LogP contribution is 2.35. The number of amides is 1. The molecule has 2 N–H and O–H groups in total. The van der Waals surface area contributed by atoms with Gasteiger partial charge in [-0.15, -0.1) is 11.3 Å². The molecule has 0 fully saturated rings. The van der Waals surface area contributed by atoms with Crippen molar-refractivity contribution >= 4 is 17.2 Å². The van der Waals surface area contributed by atoms with E-state index in [4.69, 9.17) is 15.1 Å². The zero-order chi connectivity index (χ0) is 18.7. The number of nitrogens with zero attached hydrogens (tertiary/aromatic N) is 2. The number of benzene rings is 1. The molecular formula is C20H23N3O2S. The second kappa shape index (κ2) is 7.43. The number of furan rings is 1. The molecule has 1 amide bonds. The molecular weight excluding hydrogens is 346 g/mol. The van der Waals surface area contributed by atoms with E-state index in [2.05, 4.69) is 13.8 Å². The summed E-state index contributed by atoms with van der Waals surface area (Å²) in [5.41, 5.74) is 7.27. The minimum absolute atomic E-state index is 0.0549. The third kappa shape index (κ3) is 3.86. The van der Waals surface area contributed by atoms with Crippen molar-refractivity contribution in [3.63, 3.8) is 0 Å². The lowest BCUT2D eigenvalue weighted by Crippen LogP contribution is -2.39. The fourth-order valence-corrected chi connectivity index (χ4v) is 3.76. The molecule has 0 spiro atoms. The maximum Gasteiger partial charge on any atom is 0.266 e. The van der Waals surface area contributed by atoms with Crippen molar-refractivity contribution in [2.24, 2.45) is 11.1 Å². The smallest absolute Gasteiger partial charge is 0.266 e. The number of rotatable bonds is 6. The Morgan fingerprint density at radius 3 is 2.58 bits per heavy atom. The quantitative estimate of drug-likeness (QED) is 0.709. The number of nitrogens with two attached hydrogens (primary N) is 1. The van der Waals surface area contributed by atoms with Gasteiger partial charge in [-0.3, -0.25) is 4.79 Å². The average molecular weight is 369 g/mol. The van der Waals surface area contributed by atoms with Crippen molar-refractivity contribution in [3.8, 4) is 22.0 Å². The van der Waals surface area contributed by atoms with Crippen LogP contribution in [0.1, 0.15) is 23.5 Å². The first-order chi connectivity index (χ1) is 12.4. The third-order valence-electron chi connectivity index (χ3n) is 4.17. The molecule has 0 aliphatic carbocycles. The Balaban J connectivity index is 2.01. The molecule has 26 heavy (non-hydrogen) atoms. The van der Waals surface area contributed by atoms with Crippen molar-refractivity contribution in [1.29, 1.82) is 0 Å². The first-order valence-corrected chi connectivity index (χ1v) is 9.28. The Bertz CT molecular complexity index is 870. The minimum Gasteiger partial charge on any atom is -0.462 e. The van der Waals surface area contributed by atoms with Crippen LogP contribution in [0.25, 0.3) is 22.0 Å². The van der Waals surface area contributed by atoms with E-state index in [1.807, 2.05) is 42.5 Å². The Hall–Kier alpha value is -2.44. The molecule has 0 atom stereocenters. The van der Waals surface area contributed by atoms with Crippen molar-refractivity contribution in [2.75, 3.05) is 20.1 Å². The number of hydrogen-bond donors (Lipinski definition) is 1. The van der Waals surface area contributed by atoms with E-state index in [-0.39, 0.29) is 11.3 Å². The maximum atomic E-state index is 13.1. The molecule has 0 bridgehead atoms. The zero-order valence-corrected chi connectivity index (χ0v) is 16.0. The van der Waals surface area contributed by atoms with Crippen molar-refractivity contribution < 1.29 is 9.21 Å². The van der Waals surface area contributed by atoms with Gasteiger partial charge in [0.2, 0.25) is 0 Å². The van der Waals surface area contributed by atoms with Gasteiger partial charge >= 0.3 is 0 Å². The van der Waals surface area contributed by atoms with Gasteiger partial charge in [0.15, 0.2) is 10.8 Å². The van der Waals surface area contributed by atoms with E-state index < -0.39 is 0 Å². The third-order valence-corrected chi connectivity index (χ3v) is 5.22. The molecule has 0 aliphatic rings. The summed E-state index contributed by atoms with van der Waals surface area (Å²) in [7, 11) is 1.81. The number of carbonyl (C=O) groups is 1. The van der Waals surface area contributed by atoms with Crippen LogP contribution in [0.4, 0.5) is 0 Å². The van der Waals surface area contributed by atoms with Gasteiger partial charge in [0.1, 0.15) is 4.88 Å². The summed E-state index contributed by atoms with van der Waals surface area (Å²) in [5, 5.41) is 0.698. The lowest BCUT2D eigenvalue weighted by Gasteiger charge is -2.28. The summed E-state index contributed by atoms with van der Waals surface area (Å²) in [6.07, 6.45) is 1.61. The van der Waals surface area contributed by atoms with Gasteiger partial charge < -0.3 is 15.1 Å². The first kappa shape index (κ1) is 18.4. The molecule has 5 nitrogen and oxygen atoms in total. The molecule has 0 aliphatic heterocycles. The standard InChI is InChI=1S/C20H23N3O2S/c1-20(2,12-21)13-23(3)19(24)17-16(14-8-5-4-6-9-14)22-18(26-17)15-10-7-11-25-15/h4-11H,12-13,21H2,1-3H3. The average Bonchev–Trinajstić information content (AvgIpc) is 3.31. The van der Waals surface area contributed by atoms with Gasteiger partial charge in [-0.1, -0.05) is 44.2 Å². The second-order valence-corrected chi connectivity index (χ2v) is 8.07. The van der Waals surface area contributed by atoms with Crippen LogP contribution in [0.5, 0.6) is 0 Å². The molecule has 0 saturated heterocycles. The molecule has 6 heteroatoms. The van der Waals surface area contributed by atoms with Crippen molar-refractivity contribution in [3.05, 3.63) is 53.6 Å². The second-order valence-electron chi connectivity index (χ2n) is 7.07. The number of thiazole rings is 1. The van der Waals surface area contributed by atoms with Gasteiger partial charge in [-0.2, -0.15) is 0 Å². The Morgan fingerprint density at radius 1 is 1.23 bits per heavy atom. The highest BCUT2D eigenvalue weighted by atomic mass is 32.1. The summed E-state index contributed by atoms with van der Waals surface area (Å²) < 4.78 is 5.47. The van der Waals surface area contributed by atoms with Crippen LogP contribution < -0.4 is 5.73 Å². The summed E-state index contributed by atoms with van der Waals surface area (Å²) in [5.74, 6) is 0.608. The molecule has 1 aromatic carbocycles. The topological polar surface area (TPSA) is 72.4 Å². The fourth-order valence-electron chi connectivity index (χ4n) is 2.71. The zero-order valence-electron chi connectivity index (χ0n) is 15.2. The largest absolute Gasteiger partial charge is 0.462 e. The van der Waals surface area contributed by atoms with E-state index in [9.17, 15) is 4.79 Å².